The van der Waals surface area contributed by atoms with Crippen LogP contribution in [0.5, 0.6) is 11.5 Å². The maximum absolute atomic E-state index is 12.2. The van der Waals surface area contributed by atoms with Gasteiger partial charge in [0.05, 0.1) is 11.5 Å². The number of fused-ring (bicyclic) bond motifs is 1. The molecular weight excluding hydrogens is 400 g/mol. The number of benzene rings is 2. The zero-order valence-electron chi connectivity index (χ0n) is 20.2. The van der Waals surface area contributed by atoms with Gasteiger partial charge in [0.25, 0.3) is 0 Å². The lowest BCUT2D eigenvalue weighted by molar-refractivity contribution is -0.140. The van der Waals surface area contributed by atoms with Crippen LogP contribution in [-0.2, 0) is 16.8 Å². The van der Waals surface area contributed by atoms with Crippen LogP contribution in [0.25, 0.3) is 0 Å². The molecule has 3 rings (SSSR count). The minimum atomic E-state index is -0.834. The van der Waals surface area contributed by atoms with Gasteiger partial charge in [0.1, 0.15) is 23.7 Å². The van der Waals surface area contributed by atoms with Crippen molar-refractivity contribution >= 4 is 5.97 Å². The van der Waals surface area contributed by atoms with Gasteiger partial charge in [-0.25, -0.2) is 0 Å². The number of aliphatic carboxylic acids is 1. The van der Waals surface area contributed by atoms with Crippen molar-refractivity contribution in [1.29, 1.82) is 0 Å². The average molecular weight is 439 g/mol. The zero-order chi connectivity index (χ0) is 23.4. The quantitative estimate of drug-likeness (QED) is 0.397. The van der Waals surface area contributed by atoms with E-state index in [0.29, 0.717) is 30.1 Å². The lowest BCUT2D eigenvalue weighted by Crippen LogP contribution is -2.37. The molecule has 4 nitrogen and oxygen atoms in total. The molecule has 2 aromatic rings. The Morgan fingerprint density at radius 3 is 2.53 bits per heavy atom. The van der Waals surface area contributed by atoms with E-state index in [1.807, 2.05) is 44.2 Å². The molecule has 0 amide bonds. The van der Waals surface area contributed by atoms with Crippen LogP contribution in [0, 0.1) is 0 Å². The molecule has 1 unspecified atom stereocenters. The van der Waals surface area contributed by atoms with Crippen molar-refractivity contribution in [3.8, 4) is 11.5 Å². The summed E-state index contributed by atoms with van der Waals surface area (Å²) in [6, 6.07) is 14.1. The number of hydrogen-bond acceptors (Lipinski definition) is 3. The van der Waals surface area contributed by atoms with Gasteiger partial charge in [0.15, 0.2) is 0 Å². The third kappa shape index (κ3) is 5.85. The van der Waals surface area contributed by atoms with Gasteiger partial charge in [0, 0.05) is 6.42 Å². The minimum absolute atomic E-state index is 0.0582. The van der Waals surface area contributed by atoms with E-state index in [1.165, 1.54) is 25.7 Å². The molecule has 1 aliphatic heterocycles. The van der Waals surface area contributed by atoms with Gasteiger partial charge in [-0.15, -0.1) is 0 Å². The Hall–Kier alpha value is -2.49. The number of rotatable bonds is 10. The number of unbranched alkanes of at least 4 members (excludes halogenated alkanes) is 3. The van der Waals surface area contributed by atoms with E-state index in [4.69, 9.17) is 9.47 Å². The highest BCUT2D eigenvalue weighted by Crippen LogP contribution is 2.48. The number of carbonyl (C=O) groups is 1. The first-order valence-electron chi connectivity index (χ1n) is 11.9. The van der Waals surface area contributed by atoms with Crippen molar-refractivity contribution < 1.29 is 19.4 Å². The average Bonchev–Trinajstić information content (AvgIpc) is 2.74. The van der Waals surface area contributed by atoms with Crippen LogP contribution in [-0.4, -0.2) is 16.7 Å². The molecule has 0 fully saturated rings. The summed E-state index contributed by atoms with van der Waals surface area (Å²) in [5.41, 5.74) is 2.25. The Morgan fingerprint density at radius 1 is 1.16 bits per heavy atom. The van der Waals surface area contributed by atoms with Crippen molar-refractivity contribution in [2.45, 2.75) is 96.7 Å². The minimum Gasteiger partial charge on any atom is -0.488 e. The monoisotopic (exact) mass is 438 g/mol. The highest BCUT2D eigenvalue weighted by molar-refractivity contribution is 5.79. The molecule has 0 radical (unpaired) electrons. The first kappa shape index (κ1) is 24.2. The lowest BCUT2D eigenvalue weighted by atomic mass is 9.77. The van der Waals surface area contributed by atoms with Crippen LogP contribution in [0.1, 0.15) is 95.8 Å². The predicted molar refractivity (Wildman–Crippen MR) is 129 cm³/mol. The molecule has 2 aromatic carbocycles. The second-order valence-corrected chi connectivity index (χ2v) is 10.3. The van der Waals surface area contributed by atoms with E-state index in [2.05, 4.69) is 32.9 Å². The molecule has 4 heteroatoms. The number of carboxylic acid groups (broad SMARTS) is 1. The highest BCUT2D eigenvalue weighted by atomic mass is 16.5. The molecule has 32 heavy (non-hydrogen) atoms. The van der Waals surface area contributed by atoms with Crippen LogP contribution in [0.4, 0.5) is 0 Å². The van der Waals surface area contributed by atoms with E-state index in [0.717, 1.165) is 17.5 Å². The standard InChI is InChI=1S/C28H38O4/c1-6-7-8-12-15-27(2,3)21-16-23(31-19-20-13-10-9-11-14-20)25-22(26(29)30)18-28(4,5)32-24(25)17-21/h9-11,13-14,16-17,22H,6-8,12,15,18-19H2,1-5H3,(H,29,30). The van der Waals surface area contributed by atoms with Crippen molar-refractivity contribution in [2.24, 2.45) is 0 Å². The summed E-state index contributed by atoms with van der Waals surface area (Å²) < 4.78 is 12.6. The van der Waals surface area contributed by atoms with Crippen LogP contribution in [0.15, 0.2) is 42.5 Å². The Balaban J connectivity index is 2.00. The van der Waals surface area contributed by atoms with Crippen molar-refractivity contribution in [3.05, 3.63) is 59.2 Å². The molecular formula is C28H38O4. The molecule has 0 bridgehead atoms. The van der Waals surface area contributed by atoms with Crippen LogP contribution < -0.4 is 9.47 Å². The maximum atomic E-state index is 12.2. The SMILES string of the molecule is CCCCCCC(C)(C)c1cc(OCc2ccccc2)c2c(c1)OC(C)(C)CC2C(=O)O. The molecule has 1 N–H and O–H groups in total. The number of carboxylic acids is 1. The second-order valence-electron chi connectivity index (χ2n) is 10.3. The van der Waals surface area contributed by atoms with Crippen molar-refractivity contribution in [1.82, 2.24) is 0 Å². The molecule has 0 aliphatic carbocycles. The van der Waals surface area contributed by atoms with Crippen molar-refractivity contribution in [3.63, 3.8) is 0 Å². The van der Waals surface area contributed by atoms with Crippen molar-refractivity contribution in [2.75, 3.05) is 0 Å². The predicted octanol–water partition coefficient (Wildman–Crippen LogP) is 7.24. The number of hydrogen-bond donors (Lipinski definition) is 1. The van der Waals surface area contributed by atoms with Gasteiger partial charge in [-0.3, -0.25) is 4.79 Å². The van der Waals surface area contributed by atoms with E-state index < -0.39 is 17.5 Å². The largest absolute Gasteiger partial charge is 0.488 e. The van der Waals surface area contributed by atoms with Gasteiger partial charge in [-0.2, -0.15) is 0 Å². The molecule has 0 saturated heterocycles. The fourth-order valence-corrected chi connectivity index (χ4v) is 4.56. The molecule has 1 heterocycles. The van der Waals surface area contributed by atoms with E-state index in [9.17, 15) is 9.90 Å². The van der Waals surface area contributed by atoms with E-state index in [-0.39, 0.29) is 5.41 Å². The summed E-state index contributed by atoms with van der Waals surface area (Å²) in [5.74, 6) is -0.207. The van der Waals surface area contributed by atoms with Crippen LogP contribution in [0.2, 0.25) is 0 Å². The van der Waals surface area contributed by atoms with Gasteiger partial charge < -0.3 is 14.6 Å². The summed E-state index contributed by atoms with van der Waals surface area (Å²) in [4.78, 5) is 12.2. The van der Waals surface area contributed by atoms with Crippen LogP contribution in [0.3, 0.4) is 0 Å². The second kappa shape index (κ2) is 9.97. The fraction of sp³-hybridized carbons (Fsp3) is 0.536. The first-order valence-corrected chi connectivity index (χ1v) is 11.9. The number of ether oxygens (including phenoxy) is 2. The Morgan fingerprint density at radius 2 is 1.88 bits per heavy atom. The third-order valence-electron chi connectivity index (χ3n) is 6.51. The lowest BCUT2D eigenvalue weighted by Gasteiger charge is -2.38. The summed E-state index contributed by atoms with van der Waals surface area (Å²) in [5, 5.41) is 10.0. The molecule has 0 saturated carbocycles. The summed E-state index contributed by atoms with van der Waals surface area (Å²) in [7, 11) is 0. The maximum Gasteiger partial charge on any atom is 0.311 e. The molecule has 1 atom stereocenters. The summed E-state index contributed by atoms with van der Waals surface area (Å²) in [6.45, 7) is 11.0. The Labute approximate surface area is 193 Å². The molecule has 0 aromatic heterocycles. The zero-order valence-corrected chi connectivity index (χ0v) is 20.2. The third-order valence-corrected chi connectivity index (χ3v) is 6.51. The Kier molecular flexibility index (Phi) is 7.53. The van der Waals surface area contributed by atoms with Gasteiger partial charge in [-0.1, -0.05) is 76.8 Å². The molecule has 1 aliphatic rings. The topological polar surface area (TPSA) is 55.8 Å². The molecule has 0 spiro atoms. The Bertz CT molecular complexity index is 915. The summed E-state index contributed by atoms with van der Waals surface area (Å²) in [6.07, 6.45) is 6.35. The van der Waals surface area contributed by atoms with Gasteiger partial charge in [0.2, 0.25) is 0 Å². The summed E-state index contributed by atoms with van der Waals surface area (Å²) >= 11 is 0. The molecule has 174 valence electrons. The first-order chi connectivity index (χ1) is 15.1. The smallest absolute Gasteiger partial charge is 0.311 e. The van der Waals surface area contributed by atoms with Crippen LogP contribution >= 0.6 is 0 Å². The normalized spacial score (nSPS) is 17.3. The fourth-order valence-electron chi connectivity index (χ4n) is 4.56. The van der Waals surface area contributed by atoms with Gasteiger partial charge in [-0.05, 0) is 48.9 Å². The van der Waals surface area contributed by atoms with E-state index in [1.54, 1.807) is 0 Å². The van der Waals surface area contributed by atoms with Gasteiger partial charge >= 0.3 is 5.97 Å². The highest BCUT2D eigenvalue weighted by Gasteiger charge is 2.41. The van der Waals surface area contributed by atoms with E-state index >= 15 is 0 Å².